The fourth-order valence-electron chi connectivity index (χ4n) is 7.58. The Labute approximate surface area is 328 Å². The predicted octanol–water partition coefficient (Wildman–Crippen LogP) is 13.8. The zero-order chi connectivity index (χ0) is 37.7. The summed E-state index contributed by atoms with van der Waals surface area (Å²) in [6.45, 7) is 0. The van der Waals surface area contributed by atoms with Crippen molar-refractivity contribution in [1.29, 1.82) is 5.41 Å². The highest BCUT2D eigenvalue weighted by Gasteiger charge is 2.23. The zero-order valence-corrected chi connectivity index (χ0v) is 30.8. The van der Waals surface area contributed by atoms with Crippen molar-refractivity contribution >= 4 is 46.3 Å². The summed E-state index contributed by atoms with van der Waals surface area (Å²) >= 11 is 0. The molecule has 9 rings (SSSR count). The largest absolute Gasteiger partial charge is 0.354 e. The van der Waals surface area contributed by atoms with E-state index in [9.17, 15) is 0 Å². The summed E-state index contributed by atoms with van der Waals surface area (Å²) in [6.07, 6.45) is 3.71. The van der Waals surface area contributed by atoms with Crippen molar-refractivity contribution in [2.24, 2.45) is 0 Å². The van der Waals surface area contributed by atoms with Crippen molar-refractivity contribution in [2.75, 3.05) is 4.90 Å². The molecule has 0 fully saturated rings. The third-order valence-electron chi connectivity index (χ3n) is 10.4. The van der Waals surface area contributed by atoms with Gasteiger partial charge in [-0.2, -0.15) is 0 Å². The van der Waals surface area contributed by atoms with Crippen LogP contribution in [0.25, 0.3) is 56.4 Å². The van der Waals surface area contributed by atoms with Gasteiger partial charge in [0.15, 0.2) is 0 Å². The number of allylic oxidation sites excluding steroid dienone is 1. The van der Waals surface area contributed by atoms with Crippen LogP contribution in [-0.2, 0) is 0 Å². The molecule has 1 aliphatic rings. The van der Waals surface area contributed by atoms with Crippen LogP contribution in [0.1, 0.15) is 22.3 Å². The lowest BCUT2D eigenvalue weighted by Gasteiger charge is -2.27. The summed E-state index contributed by atoms with van der Waals surface area (Å²) in [5, 5.41) is 12.3. The Morgan fingerprint density at radius 2 is 0.804 bits per heavy atom. The molecular formula is C53H39N3. The molecule has 0 saturated heterocycles. The first kappa shape index (κ1) is 34.3. The van der Waals surface area contributed by atoms with E-state index < -0.39 is 0 Å². The lowest BCUT2D eigenvalue weighted by atomic mass is 9.87. The van der Waals surface area contributed by atoms with Crippen LogP contribution in [0.4, 0.5) is 17.1 Å². The third kappa shape index (κ3) is 6.86. The van der Waals surface area contributed by atoms with Gasteiger partial charge in [0.2, 0.25) is 0 Å². The van der Waals surface area contributed by atoms with E-state index in [1.807, 2.05) is 24.3 Å². The normalized spacial score (nSPS) is 12.8. The second-order valence-electron chi connectivity index (χ2n) is 13.8. The van der Waals surface area contributed by atoms with E-state index in [-0.39, 0.29) is 0 Å². The molecule has 0 atom stereocenters. The molecule has 266 valence electrons. The number of nitrogens with one attached hydrogen (secondary N) is 2. The Balaban J connectivity index is 1.14. The topological polar surface area (TPSA) is 39.1 Å². The molecular weight excluding hydrogens is 679 g/mol. The highest BCUT2D eigenvalue weighted by molar-refractivity contribution is 6.20. The zero-order valence-electron chi connectivity index (χ0n) is 30.8. The number of hydrogen-bond acceptors (Lipinski definition) is 3. The fourth-order valence-corrected chi connectivity index (χ4v) is 7.58. The highest BCUT2D eigenvalue weighted by atomic mass is 15.1. The minimum absolute atomic E-state index is 0.841. The van der Waals surface area contributed by atoms with E-state index in [0.717, 1.165) is 67.4 Å². The molecule has 0 spiro atoms. The molecule has 2 N–H and O–H groups in total. The maximum atomic E-state index is 8.53. The standard InChI is InChI=1S/C53H39N3/c54-37-51(42-18-9-3-10-19-42)53-49-23-13-22-48(50(49)36-52(55-53)44-20-11-4-12-21-44)43-28-34-47(35-29-43)56(45-30-24-40(25-31-45)38-14-5-1-6-15-38)46-32-26-41(27-33-46)39-16-7-2-8-17-39/h1-37,54-55H/b53-51+,54-37?. The molecule has 0 saturated carbocycles. The molecule has 3 nitrogen and oxygen atoms in total. The molecule has 8 aromatic carbocycles. The van der Waals surface area contributed by atoms with Gasteiger partial charge in [0.05, 0.1) is 5.70 Å². The van der Waals surface area contributed by atoms with Crippen LogP contribution in [0.5, 0.6) is 0 Å². The van der Waals surface area contributed by atoms with Crippen molar-refractivity contribution < 1.29 is 0 Å². The van der Waals surface area contributed by atoms with E-state index in [1.165, 1.54) is 28.5 Å². The Morgan fingerprint density at radius 1 is 0.393 bits per heavy atom. The molecule has 56 heavy (non-hydrogen) atoms. The van der Waals surface area contributed by atoms with Gasteiger partial charge in [-0.3, -0.25) is 0 Å². The Bertz CT molecular complexity index is 2580. The minimum Gasteiger partial charge on any atom is -0.354 e. The molecule has 0 bridgehead atoms. The molecule has 0 unspecified atom stereocenters. The number of rotatable bonds is 9. The molecule has 0 amide bonds. The second kappa shape index (κ2) is 15.5. The lowest BCUT2D eigenvalue weighted by molar-refractivity contribution is 1.22. The van der Waals surface area contributed by atoms with Gasteiger partial charge in [0, 0.05) is 40.1 Å². The SMILES string of the molecule is N=C/C(=C1\NC(c2ccccc2)=Cc2c1cccc2-c1ccc(N(c2ccc(-c3ccccc3)cc2)c2ccc(-c3ccccc3)cc2)cc1)c1ccccc1. The number of anilines is 3. The quantitative estimate of drug-likeness (QED) is 0.146. The number of nitrogens with zero attached hydrogens (tertiary/aromatic N) is 1. The fraction of sp³-hybridized carbons (Fsp3) is 0. The third-order valence-corrected chi connectivity index (χ3v) is 10.4. The van der Waals surface area contributed by atoms with E-state index in [2.05, 4.69) is 204 Å². The van der Waals surface area contributed by atoms with E-state index in [4.69, 9.17) is 5.41 Å². The van der Waals surface area contributed by atoms with Crippen molar-refractivity contribution in [3.8, 4) is 33.4 Å². The van der Waals surface area contributed by atoms with Crippen LogP contribution >= 0.6 is 0 Å². The van der Waals surface area contributed by atoms with Crippen molar-refractivity contribution in [1.82, 2.24) is 5.32 Å². The maximum Gasteiger partial charge on any atom is 0.0559 e. The van der Waals surface area contributed by atoms with Crippen molar-refractivity contribution in [3.05, 3.63) is 235 Å². The average Bonchev–Trinajstić information content (AvgIpc) is 3.28. The van der Waals surface area contributed by atoms with Crippen LogP contribution in [0.15, 0.2) is 212 Å². The van der Waals surface area contributed by atoms with Gasteiger partial charge in [-0.1, -0.05) is 176 Å². The summed E-state index contributed by atoms with van der Waals surface area (Å²) in [5.41, 5.74) is 17.3. The number of benzene rings is 8. The van der Waals surface area contributed by atoms with Crippen molar-refractivity contribution in [2.45, 2.75) is 0 Å². The van der Waals surface area contributed by atoms with Crippen LogP contribution in [0, 0.1) is 5.41 Å². The van der Waals surface area contributed by atoms with Gasteiger partial charge in [-0.15, -0.1) is 0 Å². The van der Waals surface area contributed by atoms with E-state index >= 15 is 0 Å². The summed E-state index contributed by atoms with van der Waals surface area (Å²) in [4.78, 5) is 2.32. The summed E-state index contributed by atoms with van der Waals surface area (Å²) in [6, 6.07) is 74.6. The Morgan fingerprint density at radius 3 is 1.29 bits per heavy atom. The van der Waals surface area contributed by atoms with Crippen LogP contribution in [0.2, 0.25) is 0 Å². The van der Waals surface area contributed by atoms with E-state index in [1.54, 1.807) is 0 Å². The molecule has 0 radical (unpaired) electrons. The minimum atomic E-state index is 0.841. The van der Waals surface area contributed by atoms with Crippen LogP contribution in [-0.4, -0.2) is 6.21 Å². The highest BCUT2D eigenvalue weighted by Crippen LogP contribution is 2.41. The summed E-state index contributed by atoms with van der Waals surface area (Å²) in [5.74, 6) is 0. The first-order chi connectivity index (χ1) is 27.7. The van der Waals surface area contributed by atoms with Gasteiger partial charge >= 0.3 is 0 Å². The molecule has 1 heterocycles. The Hall–Kier alpha value is -7.49. The summed E-state index contributed by atoms with van der Waals surface area (Å²) in [7, 11) is 0. The predicted molar refractivity (Wildman–Crippen MR) is 237 cm³/mol. The van der Waals surface area contributed by atoms with E-state index in [0.29, 0.717) is 0 Å². The maximum absolute atomic E-state index is 8.53. The van der Waals surface area contributed by atoms with Gasteiger partial charge < -0.3 is 15.6 Å². The first-order valence-corrected chi connectivity index (χ1v) is 18.9. The van der Waals surface area contributed by atoms with Crippen molar-refractivity contribution in [3.63, 3.8) is 0 Å². The molecule has 1 aliphatic heterocycles. The van der Waals surface area contributed by atoms with Gasteiger partial charge in [0.1, 0.15) is 0 Å². The second-order valence-corrected chi connectivity index (χ2v) is 13.8. The molecule has 0 aliphatic carbocycles. The van der Waals surface area contributed by atoms with Gasteiger partial charge in [-0.25, -0.2) is 0 Å². The monoisotopic (exact) mass is 717 g/mol. The first-order valence-electron chi connectivity index (χ1n) is 18.9. The van der Waals surface area contributed by atoms with Crippen LogP contribution in [0.3, 0.4) is 0 Å². The average molecular weight is 718 g/mol. The Kier molecular flexibility index (Phi) is 9.47. The van der Waals surface area contributed by atoms with Gasteiger partial charge in [-0.05, 0) is 92.5 Å². The number of fused-ring (bicyclic) bond motifs is 1. The molecule has 0 aromatic heterocycles. The van der Waals surface area contributed by atoms with Gasteiger partial charge in [0.25, 0.3) is 0 Å². The smallest absolute Gasteiger partial charge is 0.0559 e. The number of hydrogen-bond donors (Lipinski definition) is 2. The summed E-state index contributed by atoms with van der Waals surface area (Å²) < 4.78 is 0. The molecule has 3 heteroatoms. The van der Waals surface area contributed by atoms with Crippen LogP contribution < -0.4 is 10.2 Å². The molecule has 8 aromatic rings. The lowest BCUT2D eigenvalue weighted by Crippen LogP contribution is -2.18.